The average Bonchev–Trinajstić information content (AvgIpc) is 2.83. The summed E-state index contributed by atoms with van der Waals surface area (Å²) < 4.78 is 9.43. The van der Waals surface area contributed by atoms with Crippen molar-refractivity contribution in [3.05, 3.63) is 93.5 Å². The molecule has 2 aromatic carbocycles. The first kappa shape index (κ1) is 56.1. The second-order valence-corrected chi connectivity index (χ2v) is 6.85. The van der Waals surface area contributed by atoms with Crippen LogP contribution in [0.1, 0.15) is 48.4 Å². The van der Waals surface area contributed by atoms with Gasteiger partial charge in [0.25, 0.3) is 0 Å². The Morgan fingerprint density at radius 2 is 0.818 bits per heavy atom. The fourth-order valence-electron chi connectivity index (χ4n) is 1.57. The molecular formula is C22H30N3NiO17Tb. The molecule has 2 rings (SSSR count). The Morgan fingerprint density at radius 1 is 0.636 bits per heavy atom. The number of carbonyl (C=O) groups is 2. The summed E-state index contributed by atoms with van der Waals surface area (Å²) in [6, 6.07) is 9.16. The molecule has 2 N–H and O–H groups in total. The first-order chi connectivity index (χ1) is 19.2. The normalized spacial score (nSPS) is 7.86. The molecule has 0 aliphatic carbocycles. The Kier molecular flexibility index (Phi) is 47.6. The van der Waals surface area contributed by atoms with E-state index in [-0.39, 0.29) is 101 Å². The third kappa shape index (κ3) is 51.1. The van der Waals surface area contributed by atoms with E-state index in [4.69, 9.17) is 65.7 Å². The first-order valence-electron chi connectivity index (χ1n) is 10.6. The molecule has 0 fully saturated rings. The molecule has 0 heterocycles. The van der Waals surface area contributed by atoms with E-state index in [2.05, 4.69) is 0 Å². The number of carbonyl (C=O) groups excluding carboxylic acids is 2. The minimum Gasteiger partial charge on any atom is -0.869 e. The van der Waals surface area contributed by atoms with Crippen molar-refractivity contribution in [2.24, 2.45) is 0 Å². The number of hydrogen-bond acceptors (Lipinski definition) is 17. The Balaban J connectivity index is -0.0000000771. The monoisotopic (exact) mass is 825 g/mol. The van der Waals surface area contributed by atoms with Crippen LogP contribution in [0.15, 0.2) is 36.4 Å². The van der Waals surface area contributed by atoms with Gasteiger partial charge in [0.1, 0.15) is 24.1 Å². The average molecular weight is 826 g/mol. The molecule has 2 aromatic rings. The van der Waals surface area contributed by atoms with Crippen LogP contribution in [0.4, 0.5) is 0 Å². The predicted molar refractivity (Wildman–Crippen MR) is 141 cm³/mol. The summed E-state index contributed by atoms with van der Waals surface area (Å²) in [5, 5.41) is 82.5. The van der Waals surface area contributed by atoms with Gasteiger partial charge in [-0.1, -0.05) is 35.8 Å². The number of para-hydroxylation sites is 2. The SMILES string of the molecule is CC(C)O.CC(C)O.COc1cccc(C=O)c1[O-].COc1cccc(C=O)c1[O-].O=[N+]([O-])[O-].O=[N+]([O-])[O-].O=[N+]([O-])[O-].[Ni+2].[Tb+3]. The molecule has 0 spiro atoms. The van der Waals surface area contributed by atoms with Gasteiger partial charge < -0.3 is 75.9 Å². The van der Waals surface area contributed by atoms with Crippen LogP contribution in [0.25, 0.3) is 0 Å². The number of methoxy groups -OCH3 is 2. The summed E-state index contributed by atoms with van der Waals surface area (Å²) in [5.74, 6) is -0.306. The van der Waals surface area contributed by atoms with E-state index in [0.29, 0.717) is 12.6 Å². The summed E-state index contributed by atoms with van der Waals surface area (Å²) in [6.45, 7) is 6.89. The van der Waals surface area contributed by atoms with E-state index < -0.39 is 15.3 Å². The number of rotatable bonds is 4. The zero-order valence-corrected chi connectivity index (χ0v) is 26.9. The van der Waals surface area contributed by atoms with Crippen LogP contribution in [0.5, 0.6) is 23.0 Å². The standard InChI is InChI=1S/2C8H8O3.2C3H8O.3NO3.Ni.Tb/c2*1-11-7-4-2-3-6(5-9)8(7)10;2*1-3(2)4;3*2-1(3)4;;/h2*2-5,10H,1H3;2*3-4H,1-2H3;;;;;/q;;;;3*-1;+2;+3/p-2. The van der Waals surface area contributed by atoms with Gasteiger partial charge >= 0.3 is 55.1 Å². The zero-order valence-electron chi connectivity index (χ0n) is 23.8. The smallest absolute Gasteiger partial charge is 0.869 e. The third-order valence-electron chi connectivity index (χ3n) is 2.71. The van der Waals surface area contributed by atoms with E-state index in [1.165, 1.54) is 38.5 Å². The van der Waals surface area contributed by atoms with E-state index in [9.17, 15) is 19.8 Å². The fraction of sp³-hybridized carbons (Fsp3) is 0.364. The Morgan fingerprint density at radius 3 is 0.955 bits per heavy atom. The van der Waals surface area contributed by atoms with Crippen molar-refractivity contribution in [2.45, 2.75) is 39.9 Å². The van der Waals surface area contributed by atoms with Gasteiger partial charge in [-0.3, -0.25) is 9.59 Å². The van der Waals surface area contributed by atoms with Gasteiger partial charge in [-0.05, 0) is 39.8 Å². The molecule has 0 amide bonds. The van der Waals surface area contributed by atoms with Crippen molar-refractivity contribution in [1.29, 1.82) is 0 Å². The molecule has 0 saturated heterocycles. The number of aldehydes is 2. The second-order valence-electron chi connectivity index (χ2n) is 6.85. The Bertz CT molecular complexity index is 937. The van der Waals surface area contributed by atoms with Crippen LogP contribution in [0.3, 0.4) is 0 Å². The number of hydrogen-bond donors (Lipinski definition) is 2. The Labute approximate surface area is 291 Å². The third-order valence-corrected chi connectivity index (χ3v) is 2.71. The van der Waals surface area contributed by atoms with Crippen molar-refractivity contribution in [3.8, 4) is 23.0 Å². The van der Waals surface area contributed by atoms with Gasteiger partial charge in [0.15, 0.2) is 0 Å². The number of nitrogens with zero attached hydrogens (tertiary/aromatic N) is 3. The van der Waals surface area contributed by atoms with E-state index in [1.54, 1.807) is 39.8 Å². The van der Waals surface area contributed by atoms with Crippen molar-refractivity contribution in [2.75, 3.05) is 14.2 Å². The van der Waals surface area contributed by atoms with E-state index in [0.717, 1.165) is 0 Å². The van der Waals surface area contributed by atoms with Crippen molar-refractivity contribution in [3.63, 3.8) is 0 Å². The number of aliphatic hydroxyl groups excluding tert-OH is 2. The van der Waals surface area contributed by atoms with Gasteiger partial charge in [0.2, 0.25) is 0 Å². The number of ether oxygens (including phenoxy) is 2. The van der Waals surface area contributed by atoms with Gasteiger partial charge in [0, 0.05) is 23.3 Å². The van der Waals surface area contributed by atoms with Crippen LogP contribution >= 0.6 is 0 Å². The first-order valence-corrected chi connectivity index (χ1v) is 10.6. The zero-order chi connectivity index (χ0) is 34.4. The topological polar surface area (TPSA) is 338 Å². The maximum Gasteiger partial charge on any atom is 3.00 e. The molecule has 44 heavy (non-hydrogen) atoms. The van der Waals surface area contributed by atoms with Crippen LogP contribution < -0.4 is 19.7 Å². The minimum absolute atomic E-state index is 0. The summed E-state index contributed by atoms with van der Waals surface area (Å²) in [7, 11) is 2.79. The van der Waals surface area contributed by atoms with Crippen LogP contribution in [-0.2, 0) is 16.5 Å². The fourth-order valence-corrected chi connectivity index (χ4v) is 1.57. The summed E-state index contributed by atoms with van der Waals surface area (Å²) in [6.07, 6.45) is 0.704. The van der Waals surface area contributed by atoms with Crippen LogP contribution in [0, 0.1) is 84.6 Å². The molecule has 254 valence electrons. The van der Waals surface area contributed by atoms with E-state index in [1.807, 2.05) is 0 Å². The molecule has 0 saturated carbocycles. The predicted octanol–water partition coefficient (Wildman–Crippen LogP) is 1.22. The van der Waals surface area contributed by atoms with Crippen LogP contribution in [-0.4, -0.2) is 64.5 Å². The van der Waals surface area contributed by atoms with Gasteiger partial charge in [0.05, 0.1) is 29.5 Å². The molecule has 0 aliphatic rings. The summed E-state index contributed by atoms with van der Waals surface area (Å²) in [5.41, 5.74) is 0.258. The quantitative estimate of drug-likeness (QED) is 0.189. The molecule has 22 heteroatoms. The molecule has 0 aromatic heterocycles. The summed E-state index contributed by atoms with van der Waals surface area (Å²) >= 11 is 0. The maximum absolute atomic E-state index is 11.1. The Hall–Kier alpha value is -3.72. The van der Waals surface area contributed by atoms with Gasteiger partial charge in [-0.2, -0.15) is 0 Å². The van der Waals surface area contributed by atoms with Gasteiger partial charge in [-0.15, -0.1) is 0 Å². The molecular weight excluding hydrogens is 796 g/mol. The maximum atomic E-state index is 11.1. The second kappa shape index (κ2) is 37.3. The van der Waals surface area contributed by atoms with Crippen molar-refractivity contribution in [1.82, 2.24) is 0 Å². The number of benzene rings is 2. The van der Waals surface area contributed by atoms with Crippen LogP contribution in [0.2, 0.25) is 0 Å². The molecule has 20 nitrogen and oxygen atoms in total. The van der Waals surface area contributed by atoms with Crippen molar-refractivity contribution >= 4 is 12.6 Å². The molecule has 0 bridgehead atoms. The largest absolute Gasteiger partial charge is 3.00 e. The molecule has 0 atom stereocenters. The number of aliphatic hydroxyl groups is 2. The molecule has 0 radical (unpaired) electrons. The van der Waals surface area contributed by atoms with Gasteiger partial charge in [-0.25, -0.2) is 0 Å². The summed E-state index contributed by atoms with van der Waals surface area (Å²) in [4.78, 5) is 45.2. The minimum atomic E-state index is -1.75. The van der Waals surface area contributed by atoms with Crippen molar-refractivity contribution < 1.29 is 110 Å². The van der Waals surface area contributed by atoms with E-state index >= 15 is 0 Å². The molecule has 0 aliphatic heterocycles. The molecule has 0 unspecified atom stereocenters.